The largest absolute Gasteiger partial charge is 0.393 e. The third-order valence-corrected chi connectivity index (χ3v) is 4.50. The molecule has 27 heavy (non-hydrogen) atoms. The first-order valence-electron chi connectivity index (χ1n) is 8.05. The highest BCUT2D eigenvalue weighted by Crippen LogP contribution is 2.33. The molecule has 0 unspecified atom stereocenters. The number of nitrogens with two attached hydrogens (primary N) is 1. The second-order valence-corrected chi connectivity index (χ2v) is 6.58. The Bertz CT molecular complexity index is 1130. The Morgan fingerprint density at radius 1 is 0.815 bits per heavy atom. The van der Waals surface area contributed by atoms with Gasteiger partial charge in [-0.2, -0.15) is 0 Å². The van der Waals surface area contributed by atoms with Crippen LogP contribution in [0.5, 0.6) is 0 Å². The normalized spacial score (nSPS) is 10.7. The van der Waals surface area contributed by atoms with Crippen LogP contribution in [-0.2, 0) is 0 Å². The van der Waals surface area contributed by atoms with Gasteiger partial charge in [0, 0.05) is 16.6 Å². The third-order valence-electron chi connectivity index (χ3n) is 3.95. The van der Waals surface area contributed by atoms with Gasteiger partial charge >= 0.3 is 0 Å². The number of aromatic nitrogens is 3. The first-order valence-corrected chi connectivity index (χ1v) is 8.81. The van der Waals surface area contributed by atoms with Gasteiger partial charge in [-0.1, -0.05) is 41.4 Å². The van der Waals surface area contributed by atoms with Crippen molar-refractivity contribution < 1.29 is 0 Å². The average molecular weight is 397 g/mol. The molecular formula is C19H14Cl2N6. The van der Waals surface area contributed by atoms with Crippen LogP contribution >= 0.6 is 23.2 Å². The van der Waals surface area contributed by atoms with Crippen molar-refractivity contribution in [1.29, 1.82) is 0 Å². The summed E-state index contributed by atoms with van der Waals surface area (Å²) >= 11 is 12.1. The summed E-state index contributed by atoms with van der Waals surface area (Å²) in [6.45, 7) is 0. The maximum atomic E-state index is 6.26. The van der Waals surface area contributed by atoms with E-state index in [1.165, 1.54) is 6.33 Å². The van der Waals surface area contributed by atoms with E-state index in [4.69, 9.17) is 28.9 Å². The van der Waals surface area contributed by atoms with Crippen LogP contribution in [0.4, 0.5) is 28.7 Å². The lowest BCUT2D eigenvalue weighted by molar-refractivity contribution is 1.17. The van der Waals surface area contributed by atoms with Gasteiger partial charge < -0.3 is 16.4 Å². The van der Waals surface area contributed by atoms with Crippen molar-refractivity contribution in [3.05, 3.63) is 71.1 Å². The number of rotatable bonds is 4. The summed E-state index contributed by atoms with van der Waals surface area (Å²) in [6.07, 6.45) is 3.16. The molecular weight excluding hydrogens is 383 g/mol. The number of hydrogen-bond donors (Lipinski definition) is 3. The average Bonchev–Trinajstić information content (AvgIpc) is 2.67. The minimum Gasteiger partial charge on any atom is -0.393 e. The highest BCUT2D eigenvalue weighted by Gasteiger charge is 2.12. The molecule has 0 aliphatic heterocycles. The Hall–Kier alpha value is -3.09. The summed E-state index contributed by atoms with van der Waals surface area (Å²) < 4.78 is 0. The number of nitrogens with one attached hydrogen (secondary N) is 2. The first kappa shape index (κ1) is 17.3. The van der Waals surface area contributed by atoms with Gasteiger partial charge in [-0.25, -0.2) is 9.97 Å². The predicted octanol–water partition coefficient (Wildman–Crippen LogP) is 5.40. The number of fused-ring (bicyclic) bond motifs is 1. The lowest BCUT2D eigenvalue weighted by atomic mass is 10.2. The molecule has 0 saturated carbocycles. The van der Waals surface area contributed by atoms with Gasteiger partial charge in [-0.15, -0.1) is 0 Å². The molecule has 0 spiro atoms. The zero-order valence-electron chi connectivity index (χ0n) is 13.9. The number of para-hydroxylation sites is 1. The van der Waals surface area contributed by atoms with Gasteiger partial charge in [0.2, 0.25) is 0 Å². The lowest BCUT2D eigenvalue weighted by Gasteiger charge is -2.14. The second kappa shape index (κ2) is 7.26. The summed E-state index contributed by atoms with van der Waals surface area (Å²) in [7, 11) is 0. The molecule has 0 fully saturated rings. The monoisotopic (exact) mass is 396 g/mol. The second-order valence-electron chi connectivity index (χ2n) is 5.74. The molecule has 2 heterocycles. The number of anilines is 5. The molecule has 0 bridgehead atoms. The Labute approximate surface area is 165 Å². The molecule has 0 aliphatic rings. The number of nitrogens with zero attached hydrogens (tertiary/aromatic N) is 3. The van der Waals surface area contributed by atoms with E-state index in [9.17, 15) is 0 Å². The molecule has 134 valence electrons. The van der Waals surface area contributed by atoms with Gasteiger partial charge in [0.1, 0.15) is 12.0 Å². The first-order chi connectivity index (χ1) is 13.1. The molecule has 0 radical (unpaired) electrons. The maximum Gasteiger partial charge on any atom is 0.159 e. The van der Waals surface area contributed by atoms with Crippen LogP contribution in [0.15, 0.2) is 61.1 Å². The molecule has 2 aromatic carbocycles. The summed E-state index contributed by atoms with van der Waals surface area (Å²) in [4.78, 5) is 12.9. The van der Waals surface area contributed by atoms with Gasteiger partial charge in [0.15, 0.2) is 11.6 Å². The molecule has 6 nitrogen and oxygen atoms in total. The number of benzene rings is 2. The highest BCUT2D eigenvalue weighted by molar-refractivity contribution is 6.36. The minimum absolute atomic E-state index is 0.358. The van der Waals surface area contributed by atoms with Crippen molar-refractivity contribution >= 4 is 62.8 Å². The molecule has 4 N–H and O–H groups in total. The van der Waals surface area contributed by atoms with Crippen molar-refractivity contribution in [3.8, 4) is 0 Å². The molecule has 4 aromatic rings. The smallest absolute Gasteiger partial charge is 0.159 e. The van der Waals surface area contributed by atoms with Gasteiger partial charge in [0.05, 0.1) is 21.9 Å². The molecule has 4 rings (SSSR count). The summed E-state index contributed by atoms with van der Waals surface area (Å²) in [5, 5.41) is 8.37. The van der Waals surface area contributed by atoms with E-state index in [2.05, 4.69) is 25.6 Å². The number of pyridine rings is 1. The zero-order valence-corrected chi connectivity index (χ0v) is 15.5. The Morgan fingerprint density at radius 2 is 1.56 bits per heavy atom. The Morgan fingerprint density at radius 3 is 2.33 bits per heavy atom. The van der Waals surface area contributed by atoms with Crippen LogP contribution in [0.25, 0.3) is 10.9 Å². The predicted molar refractivity (Wildman–Crippen MR) is 111 cm³/mol. The fourth-order valence-corrected chi connectivity index (χ4v) is 3.10. The highest BCUT2D eigenvalue weighted by atomic mass is 35.5. The van der Waals surface area contributed by atoms with Crippen molar-refractivity contribution in [2.24, 2.45) is 0 Å². The van der Waals surface area contributed by atoms with Crippen LogP contribution in [0.3, 0.4) is 0 Å². The van der Waals surface area contributed by atoms with Gasteiger partial charge in [-0.05, 0) is 30.3 Å². The SMILES string of the molecule is Nc1c(Nc2ccc(Cl)cc2Cl)ncnc1Nc1cccc2cccnc12. The Kier molecular flexibility index (Phi) is 4.66. The zero-order chi connectivity index (χ0) is 18.8. The van der Waals surface area contributed by atoms with Crippen molar-refractivity contribution in [3.63, 3.8) is 0 Å². The van der Waals surface area contributed by atoms with E-state index in [0.717, 1.165) is 16.6 Å². The van der Waals surface area contributed by atoms with Gasteiger partial charge in [0.25, 0.3) is 0 Å². The van der Waals surface area contributed by atoms with E-state index in [-0.39, 0.29) is 0 Å². The van der Waals surface area contributed by atoms with Crippen LogP contribution in [-0.4, -0.2) is 15.0 Å². The minimum atomic E-state index is 0.358. The van der Waals surface area contributed by atoms with Crippen molar-refractivity contribution in [1.82, 2.24) is 15.0 Å². The molecule has 0 amide bonds. The number of halogens is 2. The molecule has 0 aliphatic carbocycles. The molecule has 0 atom stereocenters. The summed E-state index contributed by atoms with van der Waals surface area (Å²) in [5.74, 6) is 0.903. The topological polar surface area (TPSA) is 88.8 Å². The van der Waals surface area contributed by atoms with Crippen LogP contribution in [0.1, 0.15) is 0 Å². The maximum absolute atomic E-state index is 6.26. The fourth-order valence-electron chi connectivity index (χ4n) is 2.65. The van der Waals surface area contributed by atoms with Crippen molar-refractivity contribution in [2.45, 2.75) is 0 Å². The van der Waals surface area contributed by atoms with Crippen molar-refractivity contribution in [2.75, 3.05) is 16.4 Å². The van der Waals surface area contributed by atoms with Crippen LogP contribution in [0, 0.1) is 0 Å². The van der Waals surface area contributed by atoms with E-state index < -0.39 is 0 Å². The van der Waals surface area contributed by atoms with E-state index in [1.807, 2.05) is 30.3 Å². The summed E-state index contributed by atoms with van der Waals surface area (Å²) in [5.41, 5.74) is 8.89. The summed E-state index contributed by atoms with van der Waals surface area (Å²) in [6, 6.07) is 14.9. The number of nitrogen functional groups attached to an aromatic ring is 1. The van der Waals surface area contributed by atoms with Crippen LogP contribution < -0.4 is 16.4 Å². The number of hydrogen-bond acceptors (Lipinski definition) is 6. The fraction of sp³-hybridized carbons (Fsp3) is 0. The van der Waals surface area contributed by atoms with E-state index in [0.29, 0.717) is 33.1 Å². The van der Waals surface area contributed by atoms with Crippen LogP contribution in [0.2, 0.25) is 10.0 Å². The molecule has 8 heteroatoms. The van der Waals surface area contributed by atoms with E-state index >= 15 is 0 Å². The Balaban J connectivity index is 1.67. The van der Waals surface area contributed by atoms with Gasteiger partial charge in [-0.3, -0.25) is 4.98 Å². The molecule has 0 saturated heterocycles. The lowest BCUT2D eigenvalue weighted by Crippen LogP contribution is -2.05. The van der Waals surface area contributed by atoms with E-state index in [1.54, 1.807) is 24.4 Å². The standard InChI is InChI=1S/C19H14Cl2N6/c20-12-6-7-14(13(21)9-12)26-18-16(22)19(25-10-24-18)27-15-5-1-3-11-4-2-8-23-17(11)15/h1-10H,22H2,(H2,24,25,26,27). The quantitative estimate of drug-likeness (QED) is 0.427. The molecule has 2 aromatic heterocycles. The third kappa shape index (κ3) is 3.58.